The number of hydrogen-bond donors (Lipinski definition) is 4. The highest BCUT2D eigenvalue weighted by Gasteiger charge is 2.26. The molecule has 0 aliphatic carbocycles. The van der Waals surface area contributed by atoms with Gasteiger partial charge in [-0.15, -0.1) is 0 Å². The number of nitrogens with zero attached hydrogens (tertiary/aromatic N) is 3. The van der Waals surface area contributed by atoms with Gasteiger partial charge < -0.3 is 30.8 Å². The Morgan fingerprint density at radius 3 is 2.00 bits per heavy atom. The van der Waals surface area contributed by atoms with E-state index in [4.69, 9.17) is 15.5 Å². The second-order valence-corrected chi connectivity index (χ2v) is 18.4. The molecule has 0 bridgehead atoms. The Morgan fingerprint density at radius 1 is 0.734 bits per heavy atom. The number of carbonyl (C=O) groups is 4. The topological polar surface area (TPSA) is 179 Å². The second-order valence-electron chi connectivity index (χ2n) is 17.2. The van der Waals surface area contributed by atoms with Gasteiger partial charge in [0.05, 0.1) is 24.2 Å². The number of ketones is 1. The highest BCUT2D eigenvalue weighted by atomic mass is 32.2. The first kappa shape index (κ1) is 52.1. The predicted molar refractivity (Wildman–Crippen MR) is 261 cm³/mol. The van der Waals surface area contributed by atoms with E-state index in [1.165, 1.54) is 95.7 Å². The molecular formula is C51H76N6O6S. The lowest BCUT2D eigenvalue weighted by molar-refractivity contribution is -0.143. The van der Waals surface area contributed by atoms with Gasteiger partial charge in [0.15, 0.2) is 11.6 Å². The molecule has 0 aliphatic heterocycles. The minimum absolute atomic E-state index is 0.117. The number of nitrogen functional groups attached to an aromatic ring is 1. The van der Waals surface area contributed by atoms with Gasteiger partial charge in [0.1, 0.15) is 23.4 Å². The van der Waals surface area contributed by atoms with E-state index in [1.54, 1.807) is 0 Å². The van der Waals surface area contributed by atoms with E-state index < -0.39 is 24.6 Å². The highest BCUT2D eigenvalue weighted by Crippen LogP contribution is 2.30. The molecule has 2 atom stereocenters. The Labute approximate surface area is 386 Å². The molecule has 4 aromatic rings. The van der Waals surface area contributed by atoms with E-state index in [0.29, 0.717) is 49.5 Å². The lowest BCUT2D eigenvalue weighted by atomic mass is 10.0. The molecule has 2 aromatic heterocycles. The third-order valence-electron chi connectivity index (χ3n) is 11.8. The number of aliphatic hydroxyl groups is 1. The first-order valence-electron chi connectivity index (χ1n) is 24.2. The number of carbonyl (C=O) groups excluding carboxylic acids is 4. The van der Waals surface area contributed by atoms with Gasteiger partial charge in [-0.05, 0) is 48.6 Å². The maximum absolute atomic E-state index is 13.2. The summed E-state index contributed by atoms with van der Waals surface area (Å²) in [4.78, 5) is 60.3. The van der Waals surface area contributed by atoms with E-state index in [9.17, 15) is 24.3 Å². The Kier molecular flexibility index (Phi) is 24.3. The fraction of sp³-hybridized carbons (Fsp3) is 0.608. The minimum Gasteiger partial charge on any atom is -0.466 e. The van der Waals surface area contributed by atoms with Crippen molar-refractivity contribution >= 4 is 63.1 Å². The monoisotopic (exact) mass is 901 g/mol. The van der Waals surface area contributed by atoms with Crippen molar-refractivity contribution in [2.75, 3.05) is 30.5 Å². The largest absolute Gasteiger partial charge is 0.466 e. The molecular weight excluding hydrogens is 825 g/mol. The van der Waals surface area contributed by atoms with Gasteiger partial charge in [0.2, 0.25) is 11.8 Å². The normalized spacial score (nSPS) is 12.4. The lowest BCUT2D eigenvalue weighted by Crippen LogP contribution is -2.53. The standard InChI is InChI=1S/C51H76N6O6S/c1-4-6-8-9-10-11-12-13-14-15-16-17-18-21-33-63-47(61)26-22-34-64-37-44(53-38(3)59)51(62)55-43(36-58)45(60)32-31-39-27-29-40(30-28-39)35-57-46(25-7-5-2)56-48-49(57)41-23-19-20-24-42(41)54-50(48)52/h19-20,23-24,27-30,43-44,58H,4-18,21-22,25-26,31-37H2,1-3H3,(H2,52,54)(H,53,59)(H,55,62)/t43-,44-/m0/s1. The van der Waals surface area contributed by atoms with Crippen molar-refractivity contribution in [2.45, 2.75) is 174 Å². The summed E-state index contributed by atoms with van der Waals surface area (Å²) in [5.74, 6) is 0.806. The van der Waals surface area contributed by atoms with Crippen molar-refractivity contribution in [3.63, 3.8) is 0 Å². The summed E-state index contributed by atoms with van der Waals surface area (Å²) in [7, 11) is 0. The molecule has 2 heterocycles. The van der Waals surface area contributed by atoms with Gasteiger partial charge in [0.25, 0.3) is 0 Å². The number of amides is 2. The van der Waals surface area contributed by atoms with Gasteiger partial charge in [-0.25, -0.2) is 9.97 Å². The number of imidazole rings is 1. The molecule has 12 nitrogen and oxygen atoms in total. The zero-order chi connectivity index (χ0) is 45.9. The maximum Gasteiger partial charge on any atom is 0.305 e. The number of rotatable bonds is 34. The molecule has 0 radical (unpaired) electrons. The van der Waals surface area contributed by atoms with Crippen LogP contribution in [0.1, 0.15) is 160 Å². The number of thioether (sulfide) groups is 1. The zero-order valence-corrected chi connectivity index (χ0v) is 39.8. The SMILES string of the molecule is CCCCCCCCCCCCCCCCOC(=O)CCCSC[C@H](NC(C)=O)C(=O)N[C@@H](CO)C(=O)CCc1ccc(Cn2c(CCCC)nc3c(N)nc4ccccc4c32)cc1. The number of aromatic nitrogens is 3. The summed E-state index contributed by atoms with van der Waals surface area (Å²) in [5, 5.41) is 16.4. The molecule has 0 fully saturated rings. The summed E-state index contributed by atoms with van der Waals surface area (Å²) < 4.78 is 7.67. The zero-order valence-electron chi connectivity index (χ0n) is 39.0. The first-order chi connectivity index (χ1) is 31.1. The predicted octanol–water partition coefficient (Wildman–Crippen LogP) is 9.58. The third kappa shape index (κ3) is 18.2. The fourth-order valence-electron chi connectivity index (χ4n) is 8.04. The number of aryl methyl sites for hydroxylation is 2. The minimum atomic E-state index is -1.10. The summed E-state index contributed by atoms with van der Waals surface area (Å²) >= 11 is 1.44. The number of fused-ring (bicyclic) bond motifs is 3. The Bertz CT molecular complexity index is 2020. The lowest BCUT2D eigenvalue weighted by Gasteiger charge is -2.21. The van der Waals surface area contributed by atoms with E-state index in [-0.39, 0.29) is 29.8 Å². The van der Waals surface area contributed by atoms with E-state index in [1.807, 2.05) is 42.5 Å². The number of Topliss-reactive ketones (excluding diaryl/α,β-unsaturated/α-hetero) is 1. The van der Waals surface area contributed by atoms with Gasteiger partial charge >= 0.3 is 5.97 Å². The quantitative estimate of drug-likeness (QED) is 0.0261. The van der Waals surface area contributed by atoms with Crippen molar-refractivity contribution in [3.8, 4) is 0 Å². The average Bonchev–Trinajstić information content (AvgIpc) is 3.66. The smallest absolute Gasteiger partial charge is 0.305 e. The van der Waals surface area contributed by atoms with E-state index in [0.717, 1.165) is 65.5 Å². The summed E-state index contributed by atoms with van der Waals surface area (Å²) in [6.07, 6.45) is 22.2. The molecule has 4 rings (SSSR count). The molecule has 0 spiro atoms. The number of hydrogen-bond acceptors (Lipinski definition) is 10. The number of para-hydroxylation sites is 1. The number of unbranched alkanes of at least 4 members (excludes halogenated alkanes) is 14. The van der Waals surface area contributed by atoms with Crippen molar-refractivity contribution in [1.82, 2.24) is 25.2 Å². The summed E-state index contributed by atoms with van der Waals surface area (Å²) in [6.45, 7) is 6.24. The van der Waals surface area contributed by atoms with Gasteiger partial charge in [0, 0.05) is 43.9 Å². The molecule has 5 N–H and O–H groups in total. The van der Waals surface area contributed by atoms with Crippen LogP contribution in [0.3, 0.4) is 0 Å². The van der Waals surface area contributed by atoms with Crippen LogP contribution in [0.5, 0.6) is 0 Å². The second kappa shape index (κ2) is 29.9. The van der Waals surface area contributed by atoms with Gasteiger partial charge in [-0.2, -0.15) is 11.8 Å². The van der Waals surface area contributed by atoms with Crippen LogP contribution < -0.4 is 16.4 Å². The fourth-order valence-corrected chi connectivity index (χ4v) is 9.03. The average molecular weight is 901 g/mol. The van der Waals surface area contributed by atoms with Crippen molar-refractivity contribution in [3.05, 3.63) is 65.5 Å². The summed E-state index contributed by atoms with van der Waals surface area (Å²) in [6, 6.07) is 14.1. The molecule has 0 saturated heterocycles. The Morgan fingerprint density at radius 2 is 1.36 bits per heavy atom. The maximum atomic E-state index is 13.2. The molecule has 352 valence electrons. The summed E-state index contributed by atoms with van der Waals surface area (Å²) in [5.41, 5.74) is 10.9. The first-order valence-corrected chi connectivity index (χ1v) is 25.4. The van der Waals surface area contributed by atoms with Crippen molar-refractivity contribution in [1.29, 1.82) is 0 Å². The number of anilines is 1. The Hall–Kier alpha value is -4.49. The van der Waals surface area contributed by atoms with E-state index in [2.05, 4.69) is 40.1 Å². The van der Waals surface area contributed by atoms with Crippen LogP contribution in [0.25, 0.3) is 21.9 Å². The van der Waals surface area contributed by atoms with Crippen LogP contribution in [-0.4, -0.2) is 80.0 Å². The Balaban J connectivity index is 1.14. The van der Waals surface area contributed by atoms with Crippen LogP contribution >= 0.6 is 11.8 Å². The molecule has 13 heteroatoms. The highest BCUT2D eigenvalue weighted by molar-refractivity contribution is 7.99. The van der Waals surface area contributed by atoms with Crippen LogP contribution in [-0.2, 0) is 43.3 Å². The molecule has 0 saturated carbocycles. The molecule has 0 aliphatic rings. The molecule has 64 heavy (non-hydrogen) atoms. The third-order valence-corrected chi connectivity index (χ3v) is 12.9. The number of ether oxygens (including phenoxy) is 1. The van der Waals surface area contributed by atoms with Crippen LogP contribution in [0, 0.1) is 0 Å². The van der Waals surface area contributed by atoms with Crippen LogP contribution in [0.15, 0.2) is 48.5 Å². The number of nitrogens with two attached hydrogens (primary N) is 1. The number of esters is 1. The van der Waals surface area contributed by atoms with Crippen LogP contribution in [0.2, 0.25) is 0 Å². The van der Waals surface area contributed by atoms with Crippen molar-refractivity contribution < 1.29 is 29.0 Å². The number of nitrogens with one attached hydrogen (secondary N) is 2. The van der Waals surface area contributed by atoms with E-state index >= 15 is 0 Å². The van der Waals surface area contributed by atoms with Gasteiger partial charge in [-0.3, -0.25) is 19.2 Å². The van der Waals surface area contributed by atoms with Gasteiger partial charge in [-0.1, -0.05) is 146 Å². The molecule has 2 aromatic carbocycles. The van der Waals surface area contributed by atoms with Crippen LogP contribution in [0.4, 0.5) is 5.82 Å². The number of pyridine rings is 1. The number of benzene rings is 2. The molecule has 0 unspecified atom stereocenters. The van der Waals surface area contributed by atoms with Crippen molar-refractivity contribution in [2.24, 2.45) is 0 Å². The molecule has 2 amide bonds. The number of aliphatic hydroxyl groups excluding tert-OH is 1.